The monoisotopic (exact) mass is 272 g/mol. The van der Waals surface area contributed by atoms with Crippen molar-refractivity contribution >= 4 is 11.6 Å². The van der Waals surface area contributed by atoms with E-state index in [1.54, 1.807) is 18.2 Å². The van der Waals surface area contributed by atoms with Crippen LogP contribution in [-0.4, -0.2) is 15.9 Å². The van der Waals surface area contributed by atoms with Gasteiger partial charge in [0.25, 0.3) is 11.6 Å². The lowest BCUT2D eigenvalue weighted by atomic mass is 9.85. The molecule has 2 aromatic rings. The van der Waals surface area contributed by atoms with E-state index < -0.39 is 16.4 Å². The SMILES string of the molecule is NC(=O)C(O)(c1ccccc1)c1cccc([N+](=O)[O-])c1. The molecule has 0 aliphatic heterocycles. The van der Waals surface area contributed by atoms with Crippen LogP contribution in [0.4, 0.5) is 5.69 Å². The van der Waals surface area contributed by atoms with E-state index in [1.165, 1.54) is 30.3 Å². The van der Waals surface area contributed by atoms with Crippen LogP contribution in [0.3, 0.4) is 0 Å². The number of nitro groups is 1. The first-order valence-electron chi connectivity index (χ1n) is 5.79. The highest BCUT2D eigenvalue weighted by Gasteiger charge is 2.38. The highest BCUT2D eigenvalue weighted by atomic mass is 16.6. The first-order valence-corrected chi connectivity index (χ1v) is 5.79. The summed E-state index contributed by atoms with van der Waals surface area (Å²) in [6, 6.07) is 13.3. The van der Waals surface area contributed by atoms with Gasteiger partial charge in [-0.2, -0.15) is 0 Å². The number of nitro benzene ring substituents is 1. The summed E-state index contributed by atoms with van der Waals surface area (Å²) in [5.41, 5.74) is 3.29. The molecule has 0 saturated carbocycles. The summed E-state index contributed by atoms with van der Waals surface area (Å²) >= 11 is 0. The average molecular weight is 272 g/mol. The lowest BCUT2D eigenvalue weighted by molar-refractivity contribution is -0.385. The molecule has 0 spiro atoms. The van der Waals surface area contributed by atoms with Gasteiger partial charge in [-0.05, 0) is 5.56 Å². The predicted octanol–water partition coefficient (Wildman–Crippen LogP) is 1.32. The quantitative estimate of drug-likeness (QED) is 0.646. The van der Waals surface area contributed by atoms with Gasteiger partial charge >= 0.3 is 0 Å². The summed E-state index contributed by atoms with van der Waals surface area (Å²) in [6.07, 6.45) is 0. The number of primary amides is 1. The number of amides is 1. The predicted molar refractivity (Wildman–Crippen MR) is 71.7 cm³/mol. The zero-order valence-electron chi connectivity index (χ0n) is 10.4. The highest BCUT2D eigenvalue weighted by molar-refractivity contribution is 5.88. The molecule has 1 atom stereocenters. The van der Waals surface area contributed by atoms with Crippen molar-refractivity contribution in [1.29, 1.82) is 0 Å². The lowest BCUT2D eigenvalue weighted by Crippen LogP contribution is -2.42. The molecule has 6 heteroatoms. The van der Waals surface area contributed by atoms with E-state index >= 15 is 0 Å². The minimum Gasteiger partial charge on any atom is -0.372 e. The van der Waals surface area contributed by atoms with Crippen LogP contribution in [0.25, 0.3) is 0 Å². The number of benzene rings is 2. The van der Waals surface area contributed by atoms with Crippen LogP contribution in [0.1, 0.15) is 11.1 Å². The molecule has 2 aromatic carbocycles. The Morgan fingerprint density at radius 1 is 1.10 bits per heavy atom. The lowest BCUT2D eigenvalue weighted by Gasteiger charge is -2.25. The van der Waals surface area contributed by atoms with Crippen molar-refractivity contribution in [3.05, 3.63) is 75.8 Å². The van der Waals surface area contributed by atoms with Crippen molar-refractivity contribution in [2.45, 2.75) is 5.60 Å². The first kappa shape index (κ1) is 13.7. The second kappa shape index (κ2) is 5.10. The van der Waals surface area contributed by atoms with Crippen molar-refractivity contribution in [3.63, 3.8) is 0 Å². The van der Waals surface area contributed by atoms with Gasteiger partial charge in [0, 0.05) is 17.7 Å². The fourth-order valence-corrected chi connectivity index (χ4v) is 1.98. The molecule has 0 saturated heterocycles. The number of aliphatic hydroxyl groups is 1. The van der Waals surface area contributed by atoms with Gasteiger partial charge in [0.05, 0.1) is 4.92 Å². The smallest absolute Gasteiger partial charge is 0.269 e. The summed E-state index contributed by atoms with van der Waals surface area (Å²) in [5, 5.41) is 21.4. The van der Waals surface area contributed by atoms with Gasteiger partial charge in [0.1, 0.15) is 0 Å². The van der Waals surface area contributed by atoms with E-state index in [2.05, 4.69) is 0 Å². The van der Waals surface area contributed by atoms with Gasteiger partial charge in [-0.1, -0.05) is 42.5 Å². The van der Waals surface area contributed by atoms with E-state index in [0.717, 1.165) is 6.07 Å². The normalized spacial score (nSPS) is 13.4. The Labute approximate surface area is 114 Å². The molecule has 6 nitrogen and oxygen atoms in total. The Balaban J connectivity index is 2.63. The molecule has 3 N–H and O–H groups in total. The summed E-state index contributed by atoms with van der Waals surface area (Å²) < 4.78 is 0. The van der Waals surface area contributed by atoms with Crippen LogP contribution in [0, 0.1) is 10.1 Å². The number of hydrogen-bond acceptors (Lipinski definition) is 4. The zero-order chi connectivity index (χ0) is 14.8. The van der Waals surface area contributed by atoms with Gasteiger partial charge in [0.15, 0.2) is 5.60 Å². The number of carbonyl (C=O) groups is 1. The van der Waals surface area contributed by atoms with Crippen LogP contribution < -0.4 is 5.73 Å². The Morgan fingerprint density at radius 2 is 1.70 bits per heavy atom. The van der Waals surface area contributed by atoms with E-state index in [1.807, 2.05) is 0 Å². The molecule has 2 rings (SSSR count). The minimum atomic E-state index is -2.10. The summed E-state index contributed by atoms with van der Waals surface area (Å²) in [5.74, 6) is -0.996. The largest absolute Gasteiger partial charge is 0.372 e. The van der Waals surface area contributed by atoms with Crippen molar-refractivity contribution in [2.75, 3.05) is 0 Å². The summed E-state index contributed by atoms with van der Waals surface area (Å²) in [4.78, 5) is 21.9. The topological polar surface area (TPSA) is 106 Å². The molecule has 20 heavy (non-hydrogen) atoms. The third kappa shape index (κ3) is 2.24. The molecule has 0 aliphatic carbocycles. The molecular weight excluding hydrogens is 260 g/mol. The molecule has 1 unspecified atom stereocenters. The number of non-ortho nitro benzene ring substituents is 1. The third-order valence-electron chi connectivity index (χ3n) is 3.02. The molecule has 0 heterocycles. The zero-order valence-corrected chi connectivity index (χ0v) is 10.4. The number of nitrogens with two attached hydrogens (primary N) is 1. The second-order valence-corrected chi connectivity index (χ2v) is 4.25. The average Bonchev–Trinajstić information content (AvgIpc) is 2.47. The minimum absolute atomic E-state index is 0.0606. The maximum atomic E-state index is 11.7. The summed E-state index contributed by atoms with van der Waals surface area (Å²) in [6.45, 7) is 0. The van der Waals surface area contributed by atoms with E-state index in [0.29, 0.717) is 0 Å². The Hall–Kier alpha value is -2.73. The molecule has 0 radical (unpaired) electrons. The van der Waals surface area contributed by atoms with Crippen LogP contribution in [0.2, 0.25) is 0 Å². The van der Waals surface area contributed by atoms with Gasteiger partial charge in [-0.15, -0.1) is 0 Å². The fraction of sp³-hybridized carbons (Fsp3) is 0.0714. The Bertz CT molecular complexity index is 657. The molecule has 0 fully saturated rings. The Kier molecular flexibility index (Phi) is 3.49. The van der Waals surface area contributed by atoms with Crippen LogP contribution in [0.5, 0.6) is 0 Å². The van der Waals surface area contributed by atoms with Crippen molar-refractivity contribution in [2.24, 2.45) is 5.73 Å². The van der Waals surface area contributed by atoms with Crippen molar-refractivity contribution < 1.29 is 14.8 Å². The third-order valence-corrected chi connectivity index (χ3v) is 3.02. The molecule has 0 aliphatic rings. The first-order chi connectivity index (χ1) is 9.46. The second-order valence-electron chi connectivity index (χ2n) is 4.25. The molecule has 0 bridgehead atoms. The van der Waals surface area contributed by atoms with Gasteiger partial charge in [-0.25, -0.2) is 0 Å². The van der Waals surface area contributed by atoms with E-state index in [-0.39, 0.29) is 16.8 Å². The molecule has 0 aromatic heterocycles. The van der Waals surface area contributed by atoms with Crippen LogP contribution >= 0.6 is 0 Å². The number of nitrogens with zero attached hydrogens (tertiary/aromatic N) is 1. The van der Waals surface area contributed by atoms with Crippen molar-refractivity contribution in [3.8, 4) is 0 Å². The molecule has 1 amide bonds. The Morgan fingerprint density at radius 3 is 2.25 bits per heavy atom. The van der Waals surface area contributed by atoms with Crippen LogP contribution in [-0.2, 0) is 10.4 Å². The number of hydrogen-bond donors (Lipinski definition) is 2. The van der Waals surface area contributed by atoms with Crippen molar-refractivity contribution in [1.82, 2.24) is 0 Å². The van der Waals surface area contributed by atoms with E-state index in [9.17, 15) is 20.0 Å². The van der Waals surface area contributed by atoms with Gasteiger partial charge in [0.2, 0.25) is 0 Å². The fourth-order valence-electron chi connectivity index (χ4n) is 1.98. The van der Waals surface area contributed by atoms with Gasteiger partial charge in [-0.3, -0.25) is 14.9 Å². The molecule has 102 valence electrons. The van der Waals surface area contributed by atoms with Gasteiger partial charge < -0.3 is 10.8 Å². The number of rotatable bonds is 4. The van der Waals surface area contributed by atoms with E-state index in [4.69, 9.17) is 5.73 Å². The summed E-state index contributed by atoms with van der Waals surface area (Å²) in [7, 11) is 0. The standard InChI is InChI=1S/C14H12N2O4/c15-13(17)14(18,10-5-2-1-3-6-10)11-7-4-8-12(9-11)16(19)20/h1-9,18H,(H2,15,17). The highest BCUT2D eigenvalue weighted by Crippen LogP contribution is 2.31. The molecular formula is C14H12N2O4. The van der Waals surface area contributed by atoms with Crippen LogP contribution in [0.15, 0.2) is 54.6 Å². The maximum absolute atomic E-state index is 11.7. The number of carbonyl (C=O) groups excluding carboxylic acids is 1. The maximum Gasteiger partial charge on any atom is 0.269 e.